The van der Waals surface area contributed by atoms with Crippen molar-refractivity contribution in [3.8, 4) is 5.75 Å². The molecular weight excluding hydrogens is 392 g/mol. The highest BCUT2D eigenvalue weighted by atomic mass is 35.5. The summed E-state index contributed by atoms with van der Waals surface area (Å²) in [5, 5.41) is 0.650. The molecule has 0 saturated carbocycles. The van der Waals surface area contributed by atoms with E-state index in [0.717, 1.165) is 11.1 Å². The van der Waals surface area contributed by atoms with Gasteiger partial charge in [0, 0.05) is 5.02 Å². The first kappa shape index (κ1) is 20.4. The summed E-state index contributed by atoms with van der Waals surface area (Å²) in [6, 6.07) is 20.9. The average Bonchev–Trinajstić information content (AvgIpc) is 2.77. The third-order valence-electron chi connectivity index (χ3n) is 4.16. The normalized spacial score (nSPS) is 10.3. The number of esters is 2. The second-order valence-corrected chi connectivity index (χ2v) is 6.61. The van der Waals surface area contributed by atoms with Crippen molar-refractivity contribution in [2.24, 2.45) is 0 Å². The summed E-state index contributed by atoms with van der Waals surface area (Å²) in [4.78, 5) is 24.0. The predicted octanol–water partition coefficient (Wildman–Crippen LogP) is 5.06. The fourth-order valence-corrected chi connectivity index (χ4v) is 2.71. The Morgan fingerprint density at radius 2 is 1.41 bits per heavy atom. The van der Waals surface area contributed by atoms with Crippen molar-refractivity contribution in [2.45, 2.75) is 13.2 Å². The molecule has 0 heterocycles. The van der Waals surface area contributed by atoms with Crippen molar-refractivity contribution in [3.05, 3.63) is 100 Å². The maximum absolute atomic E-state index is 12.5. The summed E-state index contributed by atoms with van der Waals surface area (Å²) < 4.78 is 15.9. The Morgan fingerprint density at radius 3 is 2.10 bits per heavy atom. The van der Waals surface area contributed by atoms with E-state index in [4.69, 9.17) is 21.1 Å². The molecule has 0 saturated heterocycles. The van der Waals surface area contributed by atoms with Crippen LogP contribution < -0.4 is 4.74 Å². The molecule has 0 amide bonds. The van der Waals surface area contributed by atoms with E-state index in [1.165, 1.54) is 7.11 Å². The zero-order chi connectivity index (χ0) is 20.6. The number of hydrogen-bond donors (Lipinski definition) is 0. The number of carbonyl (C=O) groups is 2. The second kappa shape index (κ2) is 9.75. The van der Waals surface area contributed by atoms with Gasteiger partial charge in [0.25, 0.3) is 0 Å². The lowest BCUT2D eigenvalue weighted by molar-refractivity contribution is 0.0466. The van der Waals surface area contributed by atoms with Crippen LogP contribution in [0.4, 0.5) is 0 Å². The average molecular weight is 411 g/mol. The van der Waals surface area contributed by atoms with E-state index in [2.05, 4.69) is 4.74 Å². The van der Waals surface area contributed by atoms with E-state index < -0.39 is 11.9 Å². The fourth-order valence-electron chi connectivity index (χ4n) is 2.58. The molecular formula is C23H19ClO5. The van der Waals surface area contributed by atoms with Crippen LogP contribution in [-0.2, 0) is 22.7 Å². The summed E-state index contributed by atoms with van der Waals surface area (Å²) in [6.45, 7) is 0.377. The molecule has 0 radical (unpaired) electrons. The van der Waals surface area contributed by atoms with E-state index in [1.54, 1.807) is 60.7 Å². The Bertz CT molecular complexity index is 981. The minimum Gasteiger partial charge on any atom is -0.488 e. The lowest BCUT2D eigenvalue weighted by Crippen LogP contribution is -2.08. The Kier molecular flexibility index (Phi) is 6.87. The summed E-state index contributed by atoms with van der Waals surface area (Å²) in [5.41, 5.74) is 2.46. The quantitative estimate of drug-likeness (QED) is 0.509. The molecule has 3 aromatic carbocycles. The standard InChI is InChI=1S/C23H19ClO5/c1-27-22(25)18-10-6-16(7-11-18)15-29-23(26)20-4-2-3-5-21(20)28-14-17-8-12-19(24)13-9-17/h2-13H,14-15H2,1H3. The molecule has 3 aromatic rings. The highest BCUT2D eigenvalue weighted by Crippen LogP contribution is 2.21. The van der Waals surface area contributed by atoms with E-state index in [1.807, 2.05) is 12.1 Å². The first-order valence-electron chi connectivity index (χ1n) is 8.87. The van der Waals surface area contributed by atoms with Gasteiger partial charge in [-0.3, -0.25) is 0 Å². The number of benzene rings is 3. The van der Waals surface area contributed by atoms with Crippen LogP contribution in [0.5, 0.6) is 5.75 Å². The van der Waals surface area contributed by atoms with Crippen LogP contribution in [-0.4, -0.2) is 19.0 Å². The maximum atomic E-state index is 12.5. The Morgan fingerprint density at radius 1 is 0.793 bits per heavy atom. The van der Waals surface area contributed by atoms with Crippen LogP contribution in [0, 0.1) is 0 Å². The van der Waals surface area contributed by atoms with Crippen LogP contribution >= 0.6 is 11.6 Å². The molecule has 0 fully saturated rings. The molecule has 29 heavy (non-hydrogen) atoms. The molecule has 0 aliphatic carbocycles. The number of para-hydroxylation sites is 1. The van der Waals surface area contributed by atoms with E-state index >= 15 is 0 Å². The molecule has 148 valence electrons. The Hall–Kier alpha value is -3.31. The lowest BCUT2D eigenvalue weighted by Gasteiger charge is -2.11. The van der Waals surface area contributed by atoms with E-state index in [9.17, 15) is 9.59 Å². The molecule has 0 aromatic heterocycles. The van der Waals surface area contributed by atoms with Crippen molar-refractivity contribution in [1.82, 2.24) is 0 Å². The monoisotopic (exact) mass is 410 g/mol. The van der Waals surface area contributed by atoms with Crippen molar-refractivity contribution < 1.29 is 23.8 Å². The minimum atomic E-state index is -0.492. The van der Waals surface area contributed by atoms with Gasteiger partial charge in [0.2, 0.25) is 0 Å². The van der Waals surface area contributed by atoms with Crippen LogP contribution in [0.15, 0.2) is 72.8 Å². The molecule has 0 atom stereocenters. The van der Waals surface area contributed by atoms with Gasteiger partial charge in [-0.05, 0) is 47.5 Å². The Balaban J connectivity index is 1.62. The number of ether oxygens (including phenoxy) is 3. The van der Waals surface area contributed by atoms with Gasteiger partial charge in [-0.15, -0.1) is 0 Å². The number of carbonyl (C=O) groups excluding carboxylic acids is 2. The van der Waals surface area contributed by atoms with Crippen LogP contribution in [0.3, 0.4) is 0 Å². The number of halogens is 1. The van der Waals surface area contributed by atoms with Crippen LogP contribution in [0.25, 0.3) is 0 Å². The Labute approximate surface area is 173 Å². The van der Waals surface area contributed by atoms with Crippen molar-refractivity contribution in [1.29, 1.82) is 0 Å². The van der Waals surface area contributed by atoms with E-state index in [-0.39, 0.29) is 6.61 Å². The van der Waals surface area contributed by atoms with Gasteiger partial charge in [0.05, 0.1) is 12.7 Å². The molecule has 0 aliphatic heterocycles. The molecule has 0 spiro atoms. The zero-order valence-electron chi connectivity index (χ0n) is 15.8. The van der Waals surface area contributed by atoms with Crippen molar-refractivity contribution in [2.75, 3.05) is 7.11 Å². The van der Waals surface area contributed by atoms with Crippen LogP contribution in [0.2, 0.25) is 5.02 Å². The van der Waals surface area contributed by atoms with Gasteiger partial charge >= 0.3 is 11.9 Å². The first-order chi connectivity index (χ1) is 14.1. The fraction of sp³-hybridized carbons (Fsp3) is 0.130. The molecule has 0 bridgehead atoms. The highest BCUT2D eigenvalue weighted by molar-refractivity contribution is 6.30. The van der Waals surface area contributed by atoms with Gasteiger partial charge in [-0.1, -0.05) is 48.0 Å². The summed E-state index contributed by atoms with van der Waals surface area (Å²) in [7, 11) is 1.32. The molecule has 3 rings (SSSR count). The first-order valence-corrected chi connectivity index (χ1v) is 9.25. The molecule has 6 heteroatoms. The summed E-state index contributed by atoms with van der Waals surface area (Å²) in [5.74, 6) is -0.470. The minimum absolute atomic E-state index is 0.0752. The van der Waals surface area contributed by atoms with Crippen molar-refractivity contribution in [3.63, 3.8) is 0 Å². The third kappa shape index (κ3) is 5.59. The topological polar surface area (TPSA) is 61.8 Å². The maximum Gasteiger partial charge on any atom is 0.342 e. The molecule has 0 N–H and O–H groups in total. The molecule has 0 unspecified atom stereocenters. The number of rotatable bonds is 7. The van der Waals surface area contributed by atoms with Gasteiger partial charge in [-0.25, -0.2) is 9.59 Å². The highest BCUT2D eigenvalue weighted by Gasteiger charge is 2.14. The lowest BCUT2D eigenvalue weighted by atomic mass is 10.1. The third-order valence-corrected chi connectivity index (χ3v) is 4.41. The molecule has 0 aliphatic rings. The van der Waals surface area contributed by atoms with Gasteiger partial charge in [0.15, 0.2) is 0 Å². The van der Waals surface area contributed by atoms with Gasteiger partial charge < -0.3 is 14.2 Å². The number of hydrogen-bond acceptors (Lipinski definition) is 5. The summed E-state index contributed by atoms with van der Waals surface area (Å²) >= 11 is 5.89. The zero-order valence-corrected chi connectivity index (χ0v) is 16.5. The van der Waals surface area contributed by atoms with Crippen LogP contribution in [0.1, 0.15) is 31.8 Å². The second-order valence-electron chi connectivity index (χ2n) is 6.18. The van der Waals surface area contributed by atoms with Gasteiger partial charge in [-0.2, -0.15) is 0 Å². The van der Waals surface area contributed by atoms with Gasteiger partial charge in [0.1, 0.15) is 24.5 Å². The van der Waals surface area contributed by atoms with Crippen molar-refractivity contribution >= 4 is 23.5 Å². The van der Waals surface area contributed by atoms with E-state index in [0.29, 0.717) is 28.5 Å². The largest absolute Gasteiger partial charge is 0.488 e. The predicted molar refractivity (Wildman–Crippen MR) is 109 cm³/mol. The molecule has 5 nitrogen and oxygen atoms in total. The SMILES string of the molecule is COC(=O)c1ccc(COC(=O)c2ccccc2OCc2ccc(Cl)cc2)cc1. The summed E-state index contributed by atoms with van der Waals surface area (Å²) in [6.07, 6.45) is 0. The smallest absolute Gasteiger partial charge is 0.342 e. The number of methoxy groups -OCH3 is 1.